The van der Waals surface area contributed by atoms with E-state index in [1.165, 1.54) is 0 Å². The molecule has 1 unspecified atom stereocenters. The van der Waals surface area contributed by atoms with Crippen LogP contribution in [0.15, 0.2) is 0 Å². The van der Waals surface area contributed by atoms with E-state index in [2.05, 4.69) is 5.73 Å². The first-order valence-corrected chi connectivity index (χ1v) is 4.30. The zero-order valence-corrected chi connectivity index (χ0v) is 8.21. The van der Waals surface area contributed by atoms with Gasteiger partial charge in [0.15, 0.2) is 0 Å². The van der Waals surface area contributed by atoms with E-state index in [9.17, 15) is 13.6 Å². The summed E-state index contributed by atoms with van der Waals surface area (Å²) >= 11 is 0. The van der Waals surface area contributed by atoms with E-state index in [0.717, 1.165) is 0 Å². The Hall–Kier alpha value is -0.910. The number of amides is 1. The number of carbonyl (C=O) groups is 1. The molecule has 0 aliphatic heterocycles. The van der Waals surface area contributed by atoms with Crippen molar-refractivity contribution >= 4 is 5.91 Å². The van der Waals surface area contributed by atoms with Crippen LogP contribution in [0.3, 0.4) is 0 Å². The molecule has 8 nitrogen and oxygen atoms in total. The van der Waals surface area contributed by atoms with Gasteiger partial charge < -0.3 is 36.4 Å². The lowest BCUT2D eigenvalue weighted by Gasteiger charge is -2.51. The lowest BCUT2D eigenvalue weighted by molar-refractivity contribution is -0.500. The summed E-state index contributed by atoms with van der Waals surface area (Å²) in [5.41, 5.74) is 4.63. The van der Waals surface area contributed by atoms with Crippen LogP contribution in [-0.4, -0.2) is 59.8 Å². The van der Waals surface area contributed by atoms with Crippen LogP contribution in [0.4, 0.5) is 8.78 Å². The normalized spacial score (nSPS) is 33.1. The van der Waals surface area contributed by atoms with Crippen LogP contribution in [0, 0.1) is 5.92 Å². The van der Waals surface area contributed by atoms with E-state index in [4.69, 9.17) is 30.6 Å². The molecule has 0 radical (unpaired) electrons. The van der Waals surface area contributed by atoms with Crippen LogP contribution in [-0.2, 0) is 4.79 Å². The number of primary amides is 1. The zero-order chi connectivity index (χ0) is 13.9. The summed E-state index contributed by atoms with van der Waals surface area (Å²) in [6.07, 6.45) is -1.58. The first-order valence-electron chi connectivity index (χ1n) is 4.30. The van der Waals surface area contributed by atoms with Crippen molar-refractivity contribution in [3.8, 4) is 0 Å². The highest BCUT2D eigenvalue weighted by Crippen LogP contribution is 2.51. The van der Waals surface area contributed by atoms with Crippen molar-refractivity contribution in [2.24, 2.45) is 11.7 Å². The second kappa shape index (κ2) is 3.31. The van der Waals surface area contributed by atoms with E-state index in [1.807, 2.05) is 0 Å². The maximum atomic E-state index is 13.2. The highest BCUT2D eigenvalue weighted by molar-refractivity contribution is 5.78. The highest BCUT2D eigenvalue weighted by Gasteiger charge is 2.80. The Kier molecular flexibility index (Phi) is 2.75. The third-order valence-electron chi connectivity index (χ3n) is 2.77. The third-order valence-corrected chi connectivity index (χ3v) is 2.77. The van der Waals surface area contributed by atoms with Crippen LogP contribution in [0.5, 0.6) is 0 Å². The first-order chi connectivity index (χ1) is 7.29. The van der Waals surface area contributed by atoms with Gasteiger partial charge in [-0.2, -0.15) is 8.78 Å². The molecule has 0 aromatic heterocycles. The number of aliphatic hydroxyl groups is 6. The van der Waals surface area contributed by atoms with Crippen LogP contribution < -0.4 is 5.73 Å². The van der Waals surface area contributed by atoms with E-state index in [0.29, 0.717) is 0 Å². The Bertz CT molecular complexity index is 354. The first kappa shape index (κ1) is 14.2. The van der Waals surface area contributed by atoms with Crippen LogP contribution in [0.1, 0.15) is 6.42 Å². The molecule has 10 heteroatoms. The molecular weight excluding hydrogens is 248 g/mol. The fourth-order valence-electron chi connectivity index (χ4n) is 1.61. The summed E-state index contributed by atoms with van der Waals surface area (Å²) in [5, 5.41) is 54.1. The Morgan fingerprint density at radius 2 is 1.53 bits per heavy atom. The quantitative estimate of drug-likeness (QED) is 0.237. The average Bonchev–Trinajstić information content (AvgIpc) is 2.11. The third kappa shape index (κ3) is 1.53. The molecule has 1 aliphatic rings. The molecule has 1 amide bonds. The maximum absolute atomic E-state index is 13.2. The Morgan fingerprint density at radius 1 is 1.12 bits per heavy atom. The van der Waals surface area contributed by atoms with E-state index in [-0.39, 0.29) is 0 Å². The molecule has 1 aliphatic carbocycles. The van der Waals surface area contributed by atoms with Crippen molar-refractivity contribution in [3.05, 3.63) is 0 Å². The number of hydrogen-bond acceptors (Lipinski definition) is 7. The van der Waals surface area contributed by atoms with Crippen LogP contribution >= 0.6 is 0 Å². The van der Waals surface area contributed by atoms with Crippen molar-refractivity contribution in [3.63, 3.8) is 0 Å². The second-order valence-electron chi connectivity index (χ2n) is 3.95. The predicted molar refractivity (Wildman–Crippen MR) is 43.8 cm³/mol. The molecule has 0 bridgehead atoms. The molecule has 1 saturated carbocycles. The van der Waals surface area contributed by atoms with Gasteiger partial charge >= 0.3 is 5.92 Å². The molecule has 0 aromatic rings. The van der Waals surface area contributed by atoms with Gasteiger partial charge in [-0.05, 0) is 0 Å². The summed E-state index contributed by atoms with van der Waals surface area (Å²) in [6.45, 7) is 0. The number of carbonyl (C=O) groups excluding carboxylic acids is 1. The summed E-state index contributed by atoms with van der Waals surface area (Å²) in [4.78, 5) is 10.8. The van der Waals surface area contributed by atoms with Crippen LogP contribution in [0.2, 0.25) is 0 Å². The smallest absolute Gasteiger partial charge is 0.358 e. The van der Waals surface area contributed by atoms with Gasteiger partial charge in [-0.25, -0.2) is 0 Å². The monoisotopic (exact) mass is 259 g/mol. The summed E-state index contributed by atoms with van der Waals surface area (Å²) < 4.78 is 26.4. The van der Waals surface area contributed by atoms with Gasteiger partial charge in [-0.3, -0.25) is 4.79 Å². The molecule has 1 fully saturated rings. The number of nitrogens with two attached hydrogens (primary N) is 1. The fraction of sp³-hybridized carbons (Fsp3) is 0.857. The molecule has 1 rings (SSSR count). The number of rotatable bonds is 1. The van der Waals surface area contributed by atoms with E-state index in [1.54, 1.807) is 0 Å². The Morgan fingerprint density at radius 3 is 1.88 bits per heavy atom. The Labute approximate surface area is 92.5 Å². The highest BCUT2D eigenvalue weighted by atomic mass is 19.3. The molecule has 0 heterocycles. The summed E-state index contributed by atoms with van der Waals surface area (Å²) in [7, 11) is 0. The lowest BCUT2D eigenvalue weighted by Crippen LogP contribution is -2.79. The fourth-order valence-corrected chi connectivity index (χ4v) is 1.61. The van der Waals surface area contributed by atoms with E-state index >= 15 is 0 Å². The maximum Gasteiger partial charge on any atom is 0.358 e. The van der Waals surface area contributed by atoms with Gasteiger partial charge in [0.05, 0.1) is 0 Å². The molecule has 100 valence electrons. The molecule has 8 N–H and O–H groups in total. The lowest BCUT2D eigenvalue weighted by atomic mass is 9.72. The molecule has 0 spiro atoms. The minimum absolute atomic E-state index is 1.58. The second-order valence-corrected chi connectivity index (χ2v) is 3.95. The van der Waals surface area contributed by atoms with Gasteiger partial charge in [0.25, 0.3) is 5.79 Å². The summed E-state index contributed by atoms with van der Waals surface area (Å²) in [6, 6.07) is 0. The molecule has 17 heavy (non-hydrogen) atoms. The minimum atomic E-state index is -5.12. The number of hydrogen-bond donors (Lipinski definition) is 7. The average molecular weight is 259 g/mol. The predicted octanol–water partition coefficient (Wildman–Crippen LogP) is -3.83. The largest absolute Gasteiger partial charge is 0.369 e. The van der Waals surface area contributed by atoms with Gasteiger partial charge in [-0.15, -0.1) is 0 Å². The molecule has 1 atom stereocenters. The van der Waals surface area contributed by atoms with Crippen molar-refractivity contribution in [1.29, 1.82) is 0 Å². The topological polar surface area (TPSA) is 164 Å². The summed E-state index contributed by atoms with van der Waals surface area (Å²) in [5.74, 6) is -21.9. The number of halogens is 2. The van der Waals surface area contributed by atoms with Crippen molar-refractivity contribution in [2.75, 3.05) is 0 Å². The minimum Gasteiger partial charge on any atom is -0.369 e. The van der Waals surface area contributed by atoms with Crippen molar-refractivity contribution in [1.82, 2.24) is 0 Å². The molecule has 0 saturated heterocycles. The van der Waals surface area contributed by atoms with Gasteiger partial charge in [-0.1, -0.05) is 0 Å². The van der Waals surface area contributed by atoms with Gasteiger partial charge in [0, 0.05) is 6.42 Å². The number of alkyl halides is 2. The van der Waals surface area contributed by atoms with Crippen LogP contribution in [0.25, 0.3) is 0 Å². The van der Waals surface area contributed by atoms with Gasteiger partial charge in [0.2, 0.25) is 17.5 Å². The van der Waals surface area contributed by atoms with Crippen molar-refractivity contribution in [2.45, 2.75) is 29.7 Å². The SMILES string of the molecule is NC(=O)C1CC(O)(O)C(F)(F)C(O)(O)C1(O)O. The van der Waals surface area contributed by atoms with Crippen molar-refractivity contribution < 1.29 is 44.2 Å². The van der Waals surface area contributed by atoms with E-state index < -0.39 is 41.5 Å². The zero-order valence-electron chi connectivity index (χ0n) is 8.21. The molecule has 0 aromatic carbocycles. The molecular formula is C7H11F2NO7. The Balaban J connectivity index is 3.39. The van der Waals surface area contributed by atoms with Gasteiger partial charge in [0.1, 0.15) is 5.92 Å². The standard InChI is InChI=1S/C7H11F2NO7/c8-6(9)4(12,13)1-2(3(10)11)5(14,15)7(6,16)17/h2,12-17H,1H2,(H2,10,11).